The second-order valence-electron chi connectivity index (χ2n) is 9.97. The molecule has 0 unspecified atom stereocenters. The number of nitrogens with zero attached hydrogens (tertiary/aromatic N) is 6. The van der Waals surface area contributed by atoms with Crippen molar-refractivity contribution in [3.8, 4) is 0 Å². The molecule has 0 radical (unpaired) electrons. The molecular weight excluding hydrogens is 488 g/mol. The fourth-order valence-electron chi connectivity index (χ4n) is 4.79. The third-order valence-electron chi connectivity index (χ3n) is 6.56. The fourth-order valence-corrected chi connectivity index (χ4v) is 5.86. The molecule has 3 aromatic heterocycles. The first kappa shape index (κ1) is 24.5. The smallest absolute Gasteiger partial charge is 0.227 e. The molecule has 2 aliphatic heterocycles. The maximum atomic E-state index is 13.6. The zero-order valence-corrected chi connectivity index (χ0v) is 21.2. The van der Waals surface area contributed by atoms with Crippen molar-refractivity contribution >= 4 is 44.0 Å². The van der Waals surface area contributed by atoms with Gasteiger partial charge in [-0.05, 0) is 29.0 Å². The summed E-state index contributed by atoms with van der Waals surface area (Å²) in [4.78, 5) is 21.4. The van der Waals surface area contributed by atoms with Crippen LogP contribution in [0.3, 0.4) is 0 Å². The number of nitrogens with one attached hydrogen (secondary N) is 1. The van der Waals surface area contributed by atoms with Gasteiger partial charge in [0.1, 0.15) is 27.3 Å². The van der Waals surface area contributed by atoms with Crippen LogP contribution in [0, 0.1) is 5.92 Å². The Kier molecular flexibility index (Phi) is 6.39. The standard InChI is InChI=1S/C24H29F2N7O2S/c1-14(2)17-7-29-23(32-9-15(10-32)13-36(3,34)35)18-8-28-22(6-16(17)18)30-21-4-5-27-24(31-21)33-11-19(25)20(26)12-33/h4-8,14-15,19-20H,9-13H2,1-3H3,(H,27,28,30,31)/t19-,20-/m1/s1. The Morgan fingerprint density at radius 1 is 1.00 bits per heavy atom. The van der Waals surface area contributed by atoms with E-state index in [1.807, 2.05) is 12.3 Å². The third-order valence-corrected chi connectivity index (χ3v) is 7.64. The van der Waals surface area contributed by atoms with Crippen LogP contribution in [0.1, 0.15) is 25.3 Å². The van der Waals surface area contributed by atoms with E-state index in [-0.39, 0.29) is 36.6 Å². The zero-order chi connectivity index (χ0) is 25.6. The number of sulfone groups is 1. The summed E-state index contributed by atoms with van der Waals surface area (Å²) in [6.45, 7) is 5.31. The lowest BCUT2D eigenvalue weighted by molar-refractivity contribution is 0.217. The van der Waals surface area contributed by atoms with Crippen molar-refractivity contribution in [2.75, 3.05) is 53.3 Å². The molecule has 1 N–H and O–H groups in total. The van der Waals surface area contributed by atoms with E-state index < -0.39 is 22.2 Å². The van der Waals surface area contributed by atoms with Gasteiger partial charge in [-0.3, -0.25) is 0 Å². The van der Waals surface area contributed by atoms with Gasteiger partial charge in [0.25, 0.3) is 0 Å². The number of hydrogen-bond donors (Lipinski definition) is 1. The van der Waals surface area contributed by atoms with E-state index >= 15 is 0 Å². The van der Waals surface area contributed by atoms with Crippen LogP contribution < -0.4 is 15.1 Å². The Balaban J connectivity index is 1.40. The highest BCUT2D eigenvalue weighted by Crippen LogP contribution is 2.35. The molecule has 0 amide bonds. The highest BCUT2D eigenvalue weighted by atomic mass is 32.2. The largest absolute Gasteiger partial charge is 0.355 e. The Labute approximate surface area is 208 Å². The zero-order valence-electron chi connectivity index (χ0n) is 20.4. The molecule has 0 spiro atoms. The van der Waals surface area contributed by atoms with Crippen LogP contribution in [0.15, 0.2) is 30.7 Å². The van der Waals surface area contributed by atoms with Crippen LogP contribution in [0.4, 0.5) is 32.2 Å². The summed E-state index contributed by atoms with van der Waals surface area (Å²) >= 11 is 0. The predicted molar refractivity (Wildman–Crippen MR) is 136 cm³/mol. The highest BCUT2D eigenvalue weighted by molar-refractivity contribution is 7.90. The monoisotopic (exact) mass is 517 g/mol. The van der Waals surface area contributed by atoms with Crippen molar-refractivity contribution in [3.05, 3.63) is 36.3 Å². The molecule has 0 aromatic carbocycles. The van der Waals surface area contributed by atoms with Gasteiger partial charge >= 0.3 is 0 Å². The van der Waals surface area contributed by atoms with Crippen molar-refractivity contribution in [1.29, 1.82) is 0 Å². The summed E-state index contributed by atoms with van der Waals surface area (Å²) in [6.07, 6.45) is 3.35. The van der Waals surface area contributed by atoms with Crippen molar-refractivity contribution in [3.63, 3.8) is 0 Å². The quantitative estimate of drug-likeness (QED) is 0.506. The summed E-state index contributed by atoms with van der Waals surface area (Å²) in [6, 6.07) is 3.62. The second kappa shape index (κ2) is 9.38. The summed E-state index contributed by atoms with van der Waals surface area (Å²) in [5.74, 6) is 2.58. The molecule has 2 saturated heterocycles. The van der Waals surface area contributed by atoms with E-state index in [1.54, 1.807) is 18.5 Å². The predicted octanol–water partition coefficient (Wildman–Crippen LogP) is 3.26. The molecule has 2 atom stereocenters. The molecule has 3 aromatic rings. The van der Waals surface area contributed by atoms with Crippen LogP contribution in [0.25, 0.3) is 10.8 Å². The maximum Gasteiger partial charge on any atom is 0.227 e. The first-order valence-electron chi connectivity index (χ1n) is 11.9. The number of pyridine rings is 2. The Bertz CT molecular complexity index is 1370. The highest BCUT2D eigenvalue weighted by Gasteiger charge is 2.34. The molecule has 12 heteroatoms. The summed E-state index contributed by atoms with van der Waals surface area (Å²) in [5, 5.41) is 5.07. The van der Waals surface area contributed by atoms with Gasteiger partial charge in [-0.2, -0.15) is 4.98 Å². The minimum Gasteiger partial charge on any atom is -0.355 e. The number of alkyl halides is 2. The average Bonchev–Trinajstić information content (AvgIpc) is 3.13. The topological polar surface area (TPSA) is 104 Å². The molecular formula is C24H29F2N7O2S. The normalized spacial score (nSPS) is 20.8. The minimum atomic E-state index is -3.02. The van der Waals surface area contributed by atoms with Crippen LogP contribution in [-0.4, -0.2) is 78.9 Å². The molecule has 0 bridgehead atoms. The van der Waals surface area contributed by atoms with Crippen LogP contribution >= 0.6 is 0 Å². The van der Waals surface area contributed by atoms with Gasteiger partial charge in [0.2, 0.25) is 5.95 Å². The van der Waals surface area contributed by atoms with Crippen molar-refractivity contribution in [2.45, 2.75) is 32.1 Å². The van der Waals surface area contributed by atoms with Gasteiger partial charge in [0.15, 0.2) is 12.3 Å². The van der Waals surface area contributed by atoms with E-state index in [1.165, 1.54) is 11.2 Å². The van der Waals surface area contributed by atoms with Gasteiger partial charge in [0, 0.05) is 49.2 Å². The van der Waals surface area contributed by atoms with Gasteiger partial charge in [-0.25, -0.2) is 32.2 Å². The van der Waals surface area contributed by atoms with E-state index in [9.17, 15) is 17.2 Å². The van der Waals surface area contributed by atoms with E-state index in [4.69, 9.17) is 4.98 Å². The van der Waals surface area contributed by atoms with Crippen molar-refractivity contribution < 1.29 is 17.2 Å². The SMILES string of the molecule is CC(C)c1cnc(N2CC(CS(C)(=O)=O)C2)c2cnc(Nc3ccnc(N4C[C@@H](F)[C@H](F)C4)n3)cc12. The lowest BCUT2D eigenvalue weighted by atomic mass is 9.97. The number of hydrogen-bond acceptors (Lipinski definition) is 9. The fraction of sp³-hybridized carbons (Fsp3) is 0.500. The Morgan fingerprint density at radius 2 is 1.72 bits per heavy atom. The number of anilines is 4. The molecule has 2 fully saturated rings. The second-order valence-corrected chi connectivity index (χ2v) is 12.2. The number of rotatable bonds is 7. The maximum absolute atomic E-state index is 13.6. The minimum absolute atomic E-state index is 0.0755. The molecule has 192 valence electrons. The van der Waals surface area contributed by atoms with Crippen molar-refractivity contribution in [2.24, 2.45) is 5.92 Å². The van der Waals surface area contributed by atoms with Crippen molar-refractivity contribution in [1.82, 2.24) is 19.9 Å². The number of halogens is 2. The summed E-state index contributed by atoms with van der Waals surface area (Å²) < 4.78 is 50.5. The van der Waals surface area contributed by atoms with Gasteiger partial charge in [-0.1, -0.05) is 13.8 Å². The van der Waals surface area contributed by atoms with Gasteiger partial charge in [0.05, 0.1) is 18.8 Å². The van der Waals surface area contributed by atoms with Gasteiger partial charge in [-0.15, -0.1) is 0 Å². The van der Waals surface area contributed by atoms with Crippen LogP contribution in [-0.2, 0) is 9.84 Å². The summed E-state index contributed by atoms with van der Waals surface area (Å²) in [7, 11) is -3.02. The van der Waals surface area contributed by atoms with Gasteiger partial charge < -0.3 is 15.1 Å². The molecule has 9 nitrogen and oxygen atoms in total. The van der Waals surface area contributed by atoms with E-state index in [0.717, 1.165) is 22.2 Å². The van der Waals surface area contributed by atoms with Crippen LogP contribution in [0.5, 0.6) is 0 Å². The van der Waals surface area contributed by atoms with E-state index in [2.05, 4.69) is 39.0 Å². The summed E-state index contributed by atoms with van der Waals surface area (Å²) in [5.41, 5.74) is 1.07. The average molecular weight is 518 g/mol. The number of aromatic nitrogens is 4. The third kappa shape index (κ3) is 5.04. The molecule has 5 rings (SSSR count). The van der Waals surface area contributed by atoms with Crippen LogP contribution in [0.2, 0.25) is 0 Å². The molecule has 0 saturated carbocycles. The lowest BCUT2D eigenvalue weighted by Gasteiger charge is -2.40. The first-order valence-corrected chi connectivity index (χ1v) is 14.0. The Morgan fingerprint density at radius 3 is 2.39 bits per heavy atom. The lowest BCUT2D eigenvalue weighted by Crippen LogP contribution is -2.50. The Hall–Kier alpha value is -3.15. The van der Waals surface area contributed by atoms with E-state index in [0.29, 0.717) is 24.7 Å². The molecule has 0 aliphatic carbocycles. The molecule has 2 aliphatic rings. The number of fused-ring (bicyclic) bond motifs is 1. The molecule has 36 heavy (non-hydrogen) atoms. The molecule has 5 heterocycles. The first-order chi connectivity index (χ1) is 17.1.